The second-order valence-corrected chi connectivity index (χ2v) is 8.94. The molecule has 0 saturated carbocycles. The van der Waals surface area contributed by atoms with Crippen molar-refractivity contribution in [2.45, 2.75) is 17.4 Å². The Bertz CT molecular complexity index is 1160. The Morgan fingerprint density at radius 3 is 2.27 bits per heavy atom. The predicted octanol–water partition coefficient (Wildman–Crippen LogP) is 2.79. The summed E-state index contributed by atoms with van der Waals surface area (Å²) in [5, 5.41) is 13.5. The third-order valence-corrected chi connectivity index (χ3v) is 6.51. The lowest BCUT2D eigenvalue weighted by atomic mass is 10.0. The molecule has 0 spiro atoms. The first-order valence-corrected chi connectivity index (χ1v) is 10.7. The number of sulfonamides is 1. The van der Waals surface area contributed by atoms with Gasteiger partial charge in [-0.3, -0.25) is 9.59 Å². The van der Waals surface area contributed by atoms with E-state index in [0.29, 0.717) is 5.56 Å². The highest BCUT2D eigenvalue weighted by Crippen LogP contribution is 2.21. The summed E-state index contributed by atoms with van der Waals surface area (Å²) >= 11 is 0. The van der Waals surface area contributed by atoms with Gasteiger partial charge in [-0.2, -0.15) is 4.31 Å². The molecule has 2 N–H and O–H groups in total. The van der Waals surface area contributed by atoms with E-state index in [-0.39, 0.29) is 11.3 Å². The number of carboxylic acids is 1. The summed E-state index contributed by atoms with van der Waals surface area (Å²) in [6, 6.07) is 20.1. The number of likely N-dealkylation sites (N-methyl/N-ethyl adjacent to an activating group) is 1. The molecule has 0 aliphatic rings. The third-order valence-electron chi connectivity index (χ3n) is 4.71. The van der Waals surface area contributed by atoms with E-state index in [9.17, 15) is 18.0 Å². The second kappa shape index (κ2) is 9.06. The SMILES string of the molecule is CN(CC(=O)N[C@@H](CC(=O)O)c1ccccc1)S(=O)(=O)c1ccc2ccccc2c1. The maximum atomic E-state index is 12.9. The van der Waals surface area contributed by atoms with Crippen LogP contribution in [0.25, 0.3) is 10.8 Å². The Kier molecular flexibility index (Phi) is 6.49. The van der Waals surface area contributed by atoms with Crippen molar-refractivity contribution in [2.24, 2.45) is 0 Å². The standard InChI is InChI=1S/C22H22N2O5S/c1-24(30(28,29)19-12-11-16-7-5-6-10-18(16)13-19)15-21(25)23-20(14-22(26)27)17-8-3-2-4-9-17/h2-13,20H,14-15H2,1H3,(H,23,25)(H,26,27)/t20-/m0/s1. The van der Waals surface area contributed by atoms with Crippen molar-refractivity contribution in [2.75, 3.05) is 13.6 Å². The smallest absolute Gasteiger partial charge is 0.305 e. The molecule has 3 aromatic rings. The fraction of sp³-hybridized carbons (Fsp3) is 0.182. The summed E-state index contributed by atoms with van der Waals surface area (Å²) in [7, 11) is -2.57. The van der Waals surface area contributed by atoms with Crippen molar-refractivity contribution >= 4 is 32.7 Å². The van der Waals surface area contributed by atoms with Crippen molar-refractivity contribution in [3.8, 4) is 0 Å². The Balaban J connectivity index is 1.74. The summed E-state index contributed by atoms with van der Waals surface area (Å²) in [6.07, 6.45) is -0.309. The molecule has 0 aliphatic heterocycles. The number of benzene rings is 3. The van der Waals surface area contributed by atoms with E-state index in [1.54, 1.807) is 42.5 Å². The van der Waals surface area contributed by atoms with E-state index in [1.165, 1.54) is 13.1 Å². The molecule has 3 rings (SSSR count). The molecule has 0 bridgehead atoms. The first kappa shape index (κ1) is 21.5. The van der Waals surface area contributed by atoms with Gasteiger partial charge in [0.15, 0.2) is 0 Å². The third kappa shape index (κ3) is 5.03. The highest BCUT2D eigenvalue weighted by molar-refractivity contribution is 7.89. The molecular formula is C22H22N2O5S. The van der Waals surface area contributed by atoms with E-state index < -0.39 is 34.5 Å². The van der Waals surface area contributed by atoms with Gasteiger partial charge >= 0.3 is 5.97 Å². The number of carbonyl (C=O) groups excluding carboxylic acids is 1. The Labute approximate surface area is 175 Å². The molecule has 0 saturated heterocycles. The van der Waals surface area contributed by atoms with E-state index in [0.717, 1.165) is 15.1 Å². The summed E-state index contributed by atoms with van der Waals surface area (Å²) in [5.74, 6) is -1.65. The van der Waals surface area contributed by atoms with Crippen molar-refractivity contribution in [1.29, 1.82) is 0 Å². The number of amides is 1. The molecule has 1 amide bonds. The Morgan fingerprint density at radius 1 is 0.967 bits per heavy atom. The van der Waals surface area contributed by atoms with Crippen LogP contribution < -0.4 is 5.32 Å². The molecule has 0 aromatic heterocycles. The molecule has 0 unspecified atom stereocenters. The lowest BCUT2D eigenvalue weighted by molar-refractivity contribution is -0.137. The van der Waals surface area contributed by atoms with Crippen LogP contribution in [0, 0.1) is 0 Å². The molecule has 0 fully saturated rings. The van der Waals surface area contributed by atoms with Gasteiger partial charge < -0.3 is 10.4 Å². The first-order chi connectivity index (χ1) is 14.3. The molecule has 0 heterocycles. The molecule has 156 valence electrons. The fourth-order valence-corrected chi connectivity index (χ4v) is 4.31. The average molecular weight is 426 g/mol. The maximum Gasteiger partial charge on any atom is 0.305 e. The van der Waals surface area contributed by atoms with Gasteiger partial charge in [-0.05, 0) is 28.5 Å². The van der Waals surface area contributed by atoms with Crippen LogP contribution in [0.1, 0.15) is 18.0 Å². The number of nitrogens with one attached hydrogen (secondary N) is 1. The van der Waals surface area contributed by atoms with Gasteiger partial charge in [-0.1, -0.05) is 60.7 Å². The van der Waals surface area contributed by atoms with Crippen LogP contribution in [0.2, 0.25) is 0 Å². The maximum absolute atomic E-state index is 12.9. The van der Waals surface area contributed by atoms with Gasteiger partial charge in [-0.25, -0.2) is 8.42 Å². The predicted molar refractivity (Wildman–Crippen MR) is 113 cm³/mol. The minimum Gasteiger partial charge on any atom is -0.481 e. The van der Waals surface area contributed by atoms with Gasteiger partial charge in [0.1, 0.15) is 0 Å². The van der Waals surface area contributed by atoms with Crippen LogP contribution in [0.5, 0.6) is 0 Å². The largest absolute Gasteiger partial charge is 0.481 e. The zero-order valence-corrected chi connectivity index (χ0v) is 17.2. The normalized spacial score (nSPS) is 12.6. The van der Waals surface area contributed by atoms with Crippen molar-refractivity contribution in [3.63, 3.8) is 0 Å². The Morgan fingerprint density at radius 2 is 1.60 bits per heavy atom. The number of carbonyl (C=O) groups is 2. The van der Waals surface area contributed by atoms with Gasteiger partial charge in [0.05, 0.1) is 23.9 Å². The van der Waals surface area contributed by atoms with Crippen LogP contribution >= 0.6 is 0 Å². The number of rotatable bonds is 8. The van der Waals surface area contributed by atoms with E-state index >= 15 is 0 Å². The first-order valence-electron chi connectivity index (χ1n) is 9.28. The van der Waals surface area contributed by atoms with Crippen LogP contribution in [0.4, 0.5) is 0 Å². The van der Waals surface area contributed by atoms with Gasteiger partial charge in [0.2, 0.25) is 15.9 Å². The van der Waals surface area contributed by atoms with Crippen LogP contribution in [-0.2, 0) is 19.6 Å². The van der Waals surface area contributed by atoms with E-state index in [2.05, 4.69) is 5.32 Å². The van der Waals surface area contributed by atoms with Crippen molar-refractivity contribution in [1.82, 2.24) is 9.62 Å². The van der Waals surface area contributed by atoms with Crippen molar-refractivity contribution in [3.05, 3.63) is 78.4 Å². The molecule has 3 aromatic carbocycles. The molecule has 1 atom stereocenters. The highest BCUT2D eigenvalue weighted by Gasteiger charge is 2.25. The quantitative estimate of drug-likeness (QED) is 0.576. The summed E-state index contributed by atoms with van der Waals surface area (Å²) < 4.78 is 26.7. The van der Waals surface area contributed by atoms with E-state index in [4.69, 9.17) is 5.11 Å². The Hall–Kier alpha value is -3.23. The molecule has 30 heavy (non-hydrogen) atoms. The molecule has 8 heteroatoms. The average Bonchev–Trinajstić information content (AvgIpc) is 2.73. The fourth-order valence-electron chi connectivity index (χ4n) is 3.15. The molecule has 0 radical (unpaired) electrons. The molecular weight excluding hydrogens is 404 g/mol. The summed E-state index contributed by atoms with van der Waals surface area (Å²) in [4.78, 5) is 23.8. The summed E-state index contributed by atoms with van der Waals surface area (Å²) in [6.45, 7) is -0.432. The number of aliphatic carboxylic acids is 1. The van der Waals surface area contributed by atoms with Crippen LogP contribution in [0.3, 0.4) is 0 Å². The van der Waals surface area contributed by atoms with Crippen LogP contribution in [0.15, 0.2) is 77.7 Å². The van der Waals surface area contributed by atoms with Gasteiger partial charge in [-0.15, -0.1) is 0 Å². The van der Waals surface area contributed by atoms with E-state index in [1.807, 2.05) is 24.3 Å². The minimum absolute atomic E-state index is 0.0849. The number of hydrogen-bond donors (Lipinski definition) is 2. The number of nitrogens with zero attached hydrogens (tertiary/aromatic N) is 1. The zero-order valence-electron chi connectivity index (χ0n) is 16.4. The van der Waals surface area contributed by atoms with Crippen molar-refractivity contribution < 1.29 is 23.1 Å². The zero-order chi connectivity index (χ0) is 21.7. The topological polar surface area (TPSA) is 104 Å². The summed E-state index contributed by atoms with van der Waals surface area (Å²) in [5.41, 5.74) is 0.633. The number of hydrogen-bond acceptors (Lipinski definition) is 4. The molecule has 7 nitrogen and oxygen atoms in total. The lowest BCUT2D eigenvalue weighted by Gasteiger charge is -2.21. The number of fused-ring (bicyclic) bond motifs is 1. The van der Waals surface area contributed by atoms with Gasteiger partial charge in [0.25, 0.3) is 0 Å². The minimum atomic E-state index is -3.89. The van der Waals surface area contributed by atoms with Crippen LogP contribution in [-0.4, -0.2) is 43.3 Å². The highest BCUT2D eigenvalue weighted by atomic mass is 32.2. The van der Waals surface area contributed by atoms with Gasteiger partial charge in [0, 0.05) is 7.05 Å². The lowest BCUT2D eigenvalue weighted by Crippen LogP contribution is -2.40. The molecule has 0 aliphatic carbocycles. The monoisotopic (exact) mass is 426 g/mol. The number of carboxylic acid groups (broad SMARTS) is 1. The second-order valence-electron chi connectivity index (χ2n) is 6.90.